The first-order valence-corrected chi connectivity index (χ1v) is 6.09. The van der Waals surface area contributed by atoms with Crippen LogP contribution >= 0.6 is 23.2 Å². The number of aromatic carboxylic acids is 1. The van der Waals surface area contributed by atoms with Crippen LogP contribution in [0.25, 0.3) is 5.69 Å². The van der Waals surface area contributed by atoms with Crippen LogP contribution in [0.15, 0.2) is 35.1 Å². The van der Waals surface area contributed by atoms with E-state index in [0.29, 0.717) is 21.4 Å². The minimum absolute atomic E-state index is 0.295. The standard InChI is InChI=1S/C13H9Cl2NO3/c1-7-2-4-9(13(18)19)12(17)16(7)8-3-5-10(14)11(15)6-8/h2-6H,1H3,(H,18,19). The molecule has 0 atom stereocenters. The molecule has 19 heavy (non-hydrogen) atoms. The van der Waals surface area contributed by atoms with E-state index in [9.17, 15) is 9.59 Å². The monoisotopic (exact) mass is 297 g/mol. The van der Waals surface area contributed by atoms with E-state index in [4.69, 9.17) is 28.3 Å². The van der Waals surface area contributed by atoms with Crippen molar-refractivity contribution in [1.82, 2.24) is 4.57 Å². The van der Waals surface area contributed by atoms with E-state index in [1.54, 1.807) is 25.1 Å². The van der Waals surface area contributed by atoms with Crippen molar-refractivity contribution in [3.63, 3.8) is 0 Å². The van der Waals surface area contributed by atoms with Crippen molar-refractivity contribution in [2.75, 3.05) is 0 Å². The van der Waals surface area contributed by atoms with Crippen LogP contribution < -0.4 is 5.56 Å². The van der Waals surface area contributed by atoms with Gasteiger partial charge in [-0.15, -0.1) is 0 Å². The highest BCUT2D eigenvalue weighted by Crippen LogP contribution is 2.24. The maximum Gasteiger partial charge on any atom is 0.341 e. The zero-order chi connectivity index (χ0) is 14.2. The highest BCUT2D eigenvalue weighted by molar-refractivity contribution is 6.42. The molecule has 0 spiro atoms. The van der Waals surface area contributed by atoms with Crippen LogP contribution in [0.4, 0.5) is 0 Å². The fourth-order valence-electron chi connectivity index (χ4n) is 1.74. The topological polar surface area (TPSA) is 59.3 Å². The number of aromatic nitrogens is 1. The van der Waals surface area contributed by atoms with Crippen molar-refractivity contribution < 1.29 is 9.90 Å². The van der Waals surface area contributed by atoms with Gasteiger partial charge < -0.3 is 5.11 Å². The van der Waals surface area contributed by atoms with E-state index in [2.05, 4.69) is 0 Å². The Morgan fingerprint density at radius 3 is 2.42 bits per heavy atom. The maximum absolute atomic E-state index is 12.1. The third kappa shape index (κ3) is 2.50. The van der Waals surface area contributed by atoms with Gasteiger partial charge in [0.2, 0.25) is 0 Å². The number of carbonyl (C=O) groups is 1. The summed E-state index contributed by atoms with van der Waals surface area (Å²) >= 11 is 11.7. The average Bonchev–Trinajstić information content (AvgIpc) is 2.33. The van der Waals surface area contributed by atoms with E-state index >= 15 is 0 Å². The number of carboxylic acids is 1. The first kappa shape index (κ1) is 13.6. The van der Waals surface area contributed by atoms with Gasteiger partial charge in [-0.1, -0.05) is 23.2 Å². The Labute approximate surface area is 118 Å². The lowest BCUT2D eigenvalue weighted by Crippen LogP contribution is -2.26. The van der Waals surface area contributed by atoms with Crippen LogP contribution in [-0.2, 0) is 0 Å². The second-order valence-corrected chi connectivity index (χ2v) is 4.75. The Morgan fingerprint density at radius 1 is 1.16 bits per heavy atom. The summed E-state index contributed by atoms with van der Waals surface area (Å²) in [6.07, 6.45) is 0. The molecule has 0 fully saturated rings. The van der Waals surface area contributed by atoms with Gasteiger partial charge in [0.1, 0.15) is 5.56 Å². The quantitative estimate of drug-likeness (QED) is 0.926. The molecule has 2 rings (SSSR count). The summed E-state index contributed by atoms with van der Waals surface area (Å²) in [5, 5.41) is 9.63. The Kier molecular flexibility index (Phi) is 3.64. The van der Waals surface area contributed by atoms with Crippen molar-refractivity contribution in [3.05, 3.63) is 62.0 Å². The third-order valence-corrected chi connectivity index (χ3v) is 3.41. The molecule has 98 valence electrons. The van der Waals surface area contributed by atoms with Crippen molar-refractivity contribution in [2.24, 2.45) is 0 Å². The van der Waals surface area contributed by atoms with Crippen LogP contribution in [0.2, 0.25) is 10.0 Å². The van der Waals surface area contributed by atoms with Gasteiger partial charge in [-0.2, -0.15) is 0 Å². The molecule has 4 nitrogen and oxygen atoms in total. The molecule has 0 bridgehead atoms. The van der Waals surface area contributed by atoms with Crippen molar-refractivity contribution in [3.8, 4) is 5.69 Å². The molecule has 0 aliphatic carbocycles. The molecule has 0 saturated carbocycles. The number of nitrogens with zero attached hydrogens (tertiary/aromatic N) is 1. The molecular formula is C13H9Cl2NO3. The number of benzene rings is 1. The minimum Gasteiger partial charge on any atom is -0.477 e. The summed E-state index contributed by atoms with van der Waals surface area (Å²) in [5.41, 5.74) is 0.177. The number of hydrogen-bond acceptors (Lipinski definition) is 2. The fraction of sp³-hybridized carbons (Fsp3) is 0.0769. The Balaban J connectivity index is 2.74. The van der Waals surface area contributed by atoms with Crippen molar-refractivity contribution in [2.45, 2.75) is 6.92 Å². The predicted molar refractivity (Wildman–Crippen MR) is 73.8 cm³/mol. The molecule has 0 aliphatic rings. The predicted octanol–water partition coefficient (Wildman–Crippen LogP) is 3.15. The fourth-order valence-corrected chi connectivity index (χ4v) is 2.03. The van der Waals surface area contributed by atoms with Crippen molar-refractivity contribution >= 4 is 29.2 Å². The normalized spacial score (nSPS) is 10.5. The molecule has 2 aromatic rings. The Bertz CT molecular complexity index is 722. The van der Waals surface area contributed by atoms with E-state index < -0.39 is 11.5 Å². The molecule has 1 aromatic carbocycles. The molecule has 6 heteroatoms. The van der Waals surface area contributed by atoms with Gasteiger partial charge in [0.15, 0.2) is 0 Å². The lowest BCUT2D eigenvalue weighted by molar-refractivity contribution is 0.0694. The Hall–Kier alpha value is -1.78. The zero-order valence-corrected chi connectivity index (χ0v) is 11.4. The second-order valence-electron chi connectivity index (χ2n) is 3.93. The summed E-state index contributed by atoms with van der Waals surface area (Å²) in [6.45, 7) is 1.70. The molecule has 0 aliphatic heterocycles. The summed E-state index contributed by atoms with van der Waals surface area (Å²) in [5.74, 6) is -1.26. The van der Waals surface area contributed by atoms with Crippen LogP contribution in [0.3, 0.4) is 0 Å². The van der Waals surface area contributed by atoms with Gasteiger partial charge in [-0.25, -0.2) is 4.79 Å². The van der Waals surface area contributed by atoms with Crippen molar-refractivity contribution in [1.29, 1.82) is 0 Å². The minimum atomic E-state index is -1.26. The summed E-state index contributed by atoms with van der Waals surface area (Å²) in [4.78, 5) is 23.1. The number of rotatable bonds is 2. The molecule has 0 amide bonds. The van der Waals surface area contributed by atoms with E-state index in [0.717, 1.165) is 0 Å². The molecule has 0 unspecified atom stereocenters. The number of carboxylic acid groups (broad SMARTS) is 1. The number of aryl methyl sites for hydroxylation is 1. The van der Waals surface area contributed by atoms with Gasteiger partial charge in [0.05, 0.1) is 15.7 Å². The lowest BCUT2D eigenvalue weighted by Gasteiger charge is -2.11. The van der Waals surface area contributed by atoms with Gasteiger partial charge in [0.25, 0.3) is 5.56 Å². The van der Waals surface area contributed by atoms with Gasteiger partial charge >= 0.3 is 5.97 Å². The van der Waals surface area contributed by atoms with Gasteiger partial charge in [-0.05, 0) is 37.3 Å². The smallest absolute Gasteiger partial charge is 0.341 e. The van der Waals surface area contributed by atoms with Crippen LogP contribution in [-0.4, -0.2) is 15.6 Å². The first-order valence-electron chi connectivity index (χ1n) is 5.33. The van der Waals surface area contributed by atoms with Gasteiger partial charge in [0, 0.05) is 5.69 Å². The van der Waals surface area contributed by atoms with E-state index in [1.165, 1.54) is 16.7 Å². The molecule has 1 N–H and O–H groups in total. The molecule has 0 radical (unpaired) electrons. The number of halogens is 2. The maximum atomic E-state index is 12.1. The average molecular weight is 298 g/mol. The van der Waals surface area contributed by atoms with E-state index in [-0.39, 0.29) is 5.56 Å². The third-order valence-electron chi connectivity index (χ3n) is 2.67. The summed E-state index contributed by atoms with van der Waals surface area (Å²) in [6, 6.07) is 7.53. The summed E-state index contributed by atoms with van der Waals surface area (Å²) < 4.78 is 1.28. The molecular weight excluding hydrogens is 289 g/mol. The first-order chi connectivity index (χ1) is 8.91. The molecule has 0 saturated heterocycles. The second kappa shape index (κ2) is 5.07. The van der Waals surface area contributed by atoms with Crippen LogP contribution in [0.5, 0.6) is 0 Å². The number of pyridine rings is 1. The lowest BCUT2D eigenvalue weighted by atomic mass is 10.2. The SMILES string of the molecule is Cc1ccc(C(=O)O)c(=O)n1-c1ccc(Cl)c(Cl)c1. The zero-order valence-electron chi connectivity index (χ0n) is 9.85. The van der Waals surface area contributed by atoms with Crippen LogP contribution in [0, 0.1) is 6.92 Å². The molecule has 1 heterocycles. The van der Waals surface area contributed by atoms with Crippen LogP contribution in [0.1, 0.15) is 16.1 Å². The highest BCUT2D eigenvalue weighted by atomic mass is 35.5. The van der Waals surface area contributed by atoms with Gasteiger partial charge in [-0.3, -0.25) is 9.36 Å². The number of hydrogen-bond donors (Lipinski definition) is 1. The highest BCUT2D eigenvalue weighted by Gasteiger charge is 2.14. The Morgan fingerprint density at radius 2 is 1.84 bits per heavy atom. The van der Waals surface area contributed by atoms with E-state index in [1.807, 2.05) is 0 Å². The largest absolute Gasteiger partial charge is 0.477 e. The summed E-state index contributed by atoms with van der Waals surface area (Å²) in [7, 11) is 0. The molecule has 1 aromatic heterocycles.